The van der Waals surface area contributed by atoms with Crippen molar-refractivity contribution in [2.24, 2.45) is 0 Å². The molecular weight excluding hydrogens is 358 g/mol. The Hall–Kier alpha value is -3.16. The van der Waals surface area contributed by atoms with E-state index in [0.717, 1.165) is 5.69 Å². The summed E-state index contributed by atoms with van der Waals surface area (Å²) in [7, 11) is 0. The van der Waals surface area contributed by atoms with E-state index in [-0.39, 0.29) is 18.1 Å². The normalized spacial score (nSPS) is 10.5. The molecule has 0 saturated carbocycles. The summed E-state index contributed by atoms with van der Waals surface area (Å²) in [4.78, 5) is 28.1. The van der Waals surface area contributed by atoms with Crippen molar-refractivity contribution in [1.29, 1.82) is 0 Å². The summed E-state index contributed by atoms with van der Waals surface area (Å²) < 4.78 is 1.58. The van der Waals surface area contributed by atoms with Gasteiger partial charge in [-0.05, 0) is 35.9 Å². The van der Waals surface area contributed by atoms with Gasteiger partial charge in [0.2, 0.25) is 5.78 Å². The average molecular weight is 372 g/mol. The fraction of sp³-hybridized carbons (Fsp3) is 0.0556. The number of carbonyl (C=O) groups excluding carboxylic acids is 1. The highest BCUT2D eigenvalue weighted by Crippen LogP contribution is 2.17. The molecule has 0 spiro atoms. The SMILES string of the molecule is O=C(O)NOCc1ccccc1C(=O)c1ccn(-c2ccc(Cl)cc2)n1. The maximum atomic E-state index is 12.8. The molecule has 0 fully saturated rings. The number of ketones is 1. The van der Waals surface area contributed by atoms with Crippen LogP contribution in [0.5, 0.6) is 0 Å². The quantitative estimate of drug-likeness (QED) is 0.511. The molecule has 8 heteroatoms. The van der Waals surface area contributed by atoms with E-state index in [1.54, 1.807) is 71.0 Å². The summed E-state index contributed by atoms with van der Waals surface area (Å²) in [5, 5.41) is 13.5. The van der Waals surface area contributed by atoms with Crippen molar-refractivity contribution < 1.29 is 19.5 Å². The van der Waals surface area contributed by atoms with Gasteiger partial charge in [0.25, 0.3) is 0 Å². The van der Waals surface area contributed by atoms with Crippen LogP contribution in [-0.4, -0.2) is 26.8 Å². The van der Waals surface area contributed by atoms with E-state index in [1.165, 1.54) is 0 Å². The Morgan fingerprint density at radius 1 is 1.12 bits per heavy atom. The first-order valence-corrected chi connectivity index (χ1v) is 7.97. The lowest BCUT2D eigenvalue weighted by Crippen LogP contribution is -2.21. The molecule has 2 aromatic carbocycles. The van der Waals surface area contributed by atoms with Gasteiger partial charge in [-0.15, -0.1) is 0 Å². The molecule has 0 saturated heterocycles. The van der Waals surface area contributed by atoms with E-state index >= 15 is 0 Å². The predicted octanol–water partition coefficient (Wildman–Crippen LogP) is 3.46. The van der Waals surface area contributed by atoms with Crippen LogP contribution in [0.25, 0.3) is 5.69 Å². The first-order chi connectivity index (χ1) is 12.5. The fourth-order valence-electron chi connectivity index (χ4n) is 2.36. The first kappa shape index (κ1) is 17.7. The number of carboxylic acid groups (broad SMARTS) is 1. The van der Waals surface area contributed by atoms with Crippen LogP contribution in [0.15, 0.2) is 60.8 Å². The van der Waals surface area contributed by atoms with E-state index in [2.05, 4.69) is 5.10 Å². The Morgan fingerprint density at radius 2 is 1.85 bits per heavy atom. The van der Waals surface area contributed by atoms with E-state index in [0.29, 0.717) is 16.1 Å². The number of rotatable bonds is 6. The highest BCUT2D eigenvalue weighted by molar-refractivity contribution is 6.30. The van der Waals surface area contributed by atoms with Crippen molar-refractivity contribution in [3.05, 3.63) is 82.6 Å². The topological polar surface area (TPSA) is 93.5 Å². The molecule has 132 valence electrons. The lowest BCUT2D eigenvalue weighted by molar-refractivity contribution is 0.0312. The van der Waals surface area contributed by atoms with E-state index < -0.39 is 6.09 Å². The van der Waals surface area contributed by atoms with Crippen molar-refractivity contribution in [1.82, 2.24) is 15.3 Å². The largest absolute Gasteiger partial charge is 0.464 e. The summed E-state index contributed by atoms with van der Waals surface area (Å²) in [6.45, 7) is -0.0773. The summed E-state index contributed by atoms with van der Waals surface area (Å²) in [5.74, 6) is -0.285. The minimum Gasteiger partial charge on any atom is -0.464 e. The fourth-order valence-corrected chi connectivity index (χ4v) is 2.49. The highest BCUT2D eigenvalue weighted by atomic mass is 35.5. The van der Waals surface area contributed by atoms with Crippen molar-refractivity contribution in [3.63, 3.8) is 0 Å². The lowest BCUT2D eigenvalue weighted by atomic mass is 10.0. The molecule has 1 aromatic heterocycles. The van der Waals surface area contributed by atoms with Crippen LogP contribution in [0.4, 0.5) is 4.79 Å². The summed E-state index contributed by atoms with van der Waals surface area (Å²) in [6, 6.07) is 15.5. The molecule has 26 heavy (non-hydrogen) atoms. The molecule has 0 unspecified atom stereocenters. The van der Waals surface area contributed by atoms with Gasteiger partial charge in [0.1, 0.15) is 12.3 Å². The number of carbonyl (C=O) groups is 2. The van der Waals surface area contributed by atoms with Crippen LogP contribution in [0.1, 0.15) is 21.6 Å². The zero-order valence-corrected chi connectivity index (χ0v) is 14.2. The zero-order valence-electron chi connectivity index (χ0n) is 13.4. The molecular formula is C18H14ClN3O4. The van der Waals surface area contributed by atoms with Gasteiger partial charge in [0.05, 0.1) is 5.69 Å². The second-order valence-electron chi connectivity index (χ2n) is 5.30. The number of aromatic nitrogens is 2. The monoisotopic (exact) mass is 371 g/mol. The van der Waals surface area contributed by atoms with Gasteiger partial charge in [0, 0.05) is 16.8 Å². The minimum atomic E-state index is -1.31. The second-order valence-corrected chi connectivity index (χ2v) is 5.74. The van der Waals surface area contributed by atoms with E-state index in [4.69, 9.17) is 21.5 Å². The Kier molecular flexibility index (Phi) is 5.31. The summed E-state index contributed by atoms with van der Waals surface area (Å²) in [5.41, 5.74) is 3.78. The highest BCUT2D eigenvalue weighted by Gasteiger charge is 2.16. The molecule has 1 heterocycles. The molecule has 3 aromatic rings. The Morgan fingerprint density at radius 3 is 2.58 bits per heavy atom. The molecule has 0 bridgehead atoms. The van der Waals surface area contributed by atoms with E-state index in [9.17, 15) is 9.59 Å². The summed E-state index contributed by atoms with van der Waals surface area (Å²) >= 11 is 5.88. The molecule has 0 aliphatic carbocycles. The minimum absolute atomic E-state index is 0.0773. The number of nitrogens with one attached hydrogen (secondary N) is 1. The number of halogens is 1. The van der Waals surface area contributed by atoms with Gasteiger partial charge in [-0.2, -0.15) is 10.6 Å². The maximum Gasteiger partial charge on any atom is 0.428 e. The first-order valence-electron chi connectivity index (χ1n) is 7.59. The maximum absolute atomic E-state index is 12.8. The van der Waals surface area contributed by atoms with Crippen LogP contribution in [0.2, 0.25) is 5.02 Å². The van der Waals surface area contributed by atoms with Crippen LogP contribution in [-0.2, 0) is 11.4 Å². The lowest BCUT2D eigenvalue weighted by Gasteiger charge is -2.07. The number of nitrogens with zero attached hydrogens (tertiary/aromatic N) is 2. The van der Waals surface area contributed by atoms with Crippen molar-refractivity contribution in [3.8, 4) is 5.69 Å². The molecule has 0 atom stereocenters. The standard InChI is InChI=1S/C18H14ClN3O4/c19-13-5-7-14(8-6-13)22-10-9-16(20-22)17(23)15-4-2-1-3-12(15)11-26-21-18(24)25/h1-10,21H,11H2,(H,24,25). The Balaban J connectivity index is 1.82. The van der Waals surface area contributed by atoms with Crippen molar-refractivity contribution in [2.45, 2.75) is 6.61 Å². The van der Waals surface area contributed by atoms with Gasteiger partial charge in [-0.25, -0.2) is 9.48 Å². The third-order valence-corrected chi connectivity index (χ3v) is 3.81. The van der Waals surface area contributed by atoms with Crippen LogP contribution < -0.4 is 5.48 Å². The van der Waals surface area contributed by atoms with Crippen LogP contribution in [0, 0.1) is 0 Å². The number of hydrogen-bond acceptors (Lipinski definition) is 4. The second kappa shape index (κ2) is 7.81. The Bertz CT molecular complexity index is 938. The molecule has 1 amide bonds. The smallest absolute Gasteiger partial charge is 0.428 e. The number of benzene rings is 2. The van der Waals surface area contributed by atoms with Gasteiger partial charge in [-0.3, -0.25) is 9.63 Å². The van der Waals surface area contributed by atoms with Gasteiger partial charge in [-0.1, -0.05) is 35.9 Å². The molecule has 0 aliphatic rings. The van der Waals surface area contributed by atoms with Gasteiger partial charge in [0.15, 0.2) is 0 Å². The Labute approximate surface area is 153 Å². The molecule has 0 aliphatic heterocycles. The number of hydrogen-bond donors (Lipinski definition) is 2. The van der Waals surface area contributed by atoms with Gasteiger partial charge >= 0.3 is 6.09 Å². The van der Waals surface area contributed by atoms with Crippen LogP contribution in [0.3, 0.4) is 0 Å². The summed E-state index contributed by atoms with van der Waals surface area (Å²) in [6.07, 6.45) is 0.372. The third kappa shape index (κ3) is 4.08. The van der Waals surface area contributed by atoms with Crippen molar-refractivity contribution >= 4 is 23.5 Å². The molecule has 0 radical (unpaired) electrons. The van der Waals surface area contributed by atoms with E-state index in [1.807, 2.05) is 0 Å². The number of amides is 1. The average Bonchev–Trinajstić information content (AvgIpc) is 3.12. The predicted molar refractivity (Wildman–Crippen MR) is 94.4 cm³/mol. The zero-order chi connectivity index (χ0) is 18.5. The molecule has 7 nitrogen and oxygen atoms in total. The molecule has 3 rings (SSSR count). The number of hydroxylamine groups is 1. The molecule has 2 N–H and O–H groups in total. The van der Waals surface area contributed by atoms with Crippen LogP contribution >= 0.6 is 11.6 Å². The van der Waals surface area contributed by atoms with Gasteiger partial charge < -0.3 is 5.11 Å². The van der Waals surface area contributed by atoms with Crippen molar-refractivity contribution in [2.75, 3.05) is 0 Å². The third-order valence-electron chi connectivity index (χ3n) is 3.56.